The van der Waals surface area contributed by atoms with Gasteiger partial charge in [0.15, 0.2) is 0 Å². The first-order valence-electron chi connectivity index (χ1n) is 6.03. The van der Waals surface area contributed by atoms with Gasteiger partial charge in [-0.25, -0.2) is 4.39 Å². The molecule has 0 unspecified atom stereocenters. The van der Waals surface area contributed by atoms with Gasteiger partial charge in [0.2, 0.25) is 0 Å². The molecule has 0 saturated heterocycles. The van der Waals surface area contributed by atoms with Crippen molar-refractivity contribution in [2.45, 2.75) is 13.1 Å². The molecule has 0 bridgehead atoms. The van der Waals surface area contributed by atoms with Gasteiger partial charge in [-0.15, -0.1) is 0 Å². The van der Waals surface area contributed by atoms with Crippen molar-refractivity contribution in [2.75, 3.05) is 7.11 Å². The minimum atomic E-state index is -1.70. The van der Waals surface area contributed by atoms with E-state index < -0.39 is 8.07 Å². The van der Waals surface area contributed by atoms with Gasteiger partial charge in [-0.1, -0.05) is 31.3 Å². The first kappa shape index (κ1) is 11.5. The van der Waals surface area contributed by atoms with Crippen molar-refractivity contribution in [3.05, 3.63) is 42.2 Å². The predicted octanol–water partition coefficient (Wildman–Crippen LogP) is 2.64. The molecule has 0 saturated carbocycles. The normalized spacial score (nSPS) is 15.1. The number of rotatable bonds is 1. The van der Waals surface area contributed by atoms with Gasteiger partial charge in [0.05, 0.1) is 7.11 Å². The smallest absolute Gasteiger partial charge is 0.126 e. The van der Waals surface area contributed by atoms with Crippen LogP contribution in [0.15, 0.2) is 36.4 Å². The molecule has 2 aromatic rings. The first-order valence-corrected chi connectivity index (χ1v) is 9.03. The monoisotopic (exact) mass is 258 g/mol. The summed E-state index contributed by atoms with van der Waals surface area (Å²) in [6, 6.07) is 11.3. The van der Waals surface area contributed by atoms with Crippen LogP contribution in [0.5, 0.6) is 5.75 Å². The van der Waals surface area contributed by atoms with Crippen molar-refractivity contribution in [1.82, 2.24) is 0 Å². The third kappa shape index (κ3) is 1.37. The van der Waals surface area contributed by atoms with E-state index in [9.17, 15) is 4.39 Å². The summed E-state index contributed by atoms with van der Waals surface area (Å²) < 4.78 is 19.0. The molecule has 0 N–H and O–H groups in total. The zero-order valence-corrected chi connectivity index (χ0v) is 11.8. The summed E-state index contributed by atoms with van der Waals surface area (Å²) in [6.45, 7) is 4.60. The van der Waals surface area contributed by atoms with Crippen molar-refractivity contribution in [1.29, 1.82) is 0 Å². The fourth-order valence-corrected chi connectivity index (χ4v) is 5.97. The lowest BCUT2D eigenvalue weighted by Crippen LogP contribution is -2.49. The van der Waals surface area contributed by atoms with Crippen molar-refractivity contribution < 1.29 is 9.13 Å². The van der Waals surface area contributed by atoms with Gasteiger partial charge < -0.3 is 4.74 Å². The Balaban J connectivity index is 2.41. The van der Waals surface area contributed by atoms with Gasteiger partial charge >= 0.3 is 0 Å². The second-order valence-corrected chi connectivity index (χ2v) is 9.53. The molecule has 18 heavy (non-hydrogen) atoms. The van der Waals surface area contributed by atoms with Crippen molar-refractivity contribution in [3.8, 4) is 16.9 Å². The van der Waals surface area contributed by atoms with Crippen molar-refractivity contribution in [3.63, 3.8) is 0 Å². The number of benzene rings is 2. The Morgan fingerprint density at radius 2 is 1.83 bits per heavy atom. The van der Waals surface area contributed by atoms with E-state index in [-0.39, 0.29) is 5.82 Å². The largest absolute Gasteiger partial charge is 0.496 e. The van der Waals surface area contributed by atoms with Crippen LogP contribution in [-0.4, -0.2) is 15.2 Å². The predicted molar refractivity (Wildman–Crippen MR) is 75.1 cm³/mol. The quantitative estimate of drug-likeness (QED) is 0.715. The Hall–Kier alpha value is -1.61. The summed E-state index contributed by atoms with van der Waals surface area (Å²) in [5.74, 6) is 0.662. The van der Waals surface area contributed by atoms with E-state index in [2.05, 4.69) is 19.2 Å². The molecule has 2 aromatic carbocycles. The molecule has 0 amide bonds. The zero-order chi connectivity index (χ0) is 12.9. The fourth-order valence-electron chi connectivity index (χ4n) is 2.91. The van der Waals surface area contributed by atoms with Crippen LogP contribution >= 0.6 is 0 Å². The Morgan fingerprint density at radius 1 is 1.06 bits per heavy atom. The molecule has 0 spiro atoms. The highest BCUT2D eigenvalue weighted by atomic mass is 28.3. The maximum Gasteiger partial charge on any atom is 0.126 e. The molecular formula is C15H15FOSi. The van der Waals surface area contributed by atoms with Gasteiger partial charge in [-0.3, -0.25) is 0 Å². The van der Waals surface area contributed by atoms with E-state index >= 15 is 0 Å². The number of hydrogen-bond donors (Lipinski definition) is 0. The van der Waals surface area contributed by atoms with Crippen LogP contribution in [0.4, 0.5) is 4.39 Å². The van der Waals surface area contributed by atoms with E-state index in [1.54, 1.807) is 19.2 Å². The lowest BCUT2D eigenvalue weighted by molar-refractivity contribution is 0.417. The molecule has 92 valence electrons. The molecule has 0 aliphatic carbocycles. The minimum absolute atomic E-state index is 0.183. The van der Waals surface area contributed by atoms with Crippen LogP contribution in [0.25, 0.3) is 11.1 Å². The SMILES string of the molecule is COc1cccc2c1-c1cc(F)ccc1[Si]2(C)C. The topological polar surface area (TPSA) is 9.23 Å². The van der Waals surface area contributed by atoms with Crippen LogP contribution in [0.3, 0.4) is 0 Å². The maximum absolute atomic E-state index is 13.5. The standard InChI is InChI=1S/C15H15FOSi/c1-17-12-5-4-6-14-15(12)11-9-10(16)7-8-13(11)18(14,2)3/h4-9H,1-3H3. The Kier molecular flexibility index (Phi) is 2.35. The number of halogens is 1. The molecule has 0 aromatic heterocycles. The molecule has 0 fully saturated rings. The molecule has 0 radical (unpaired) electrons. The fraction of sp³-hybridized carbons (Fsp3) is 0.200. The van der Waals surface area contributed by atoms with Crippen LogP contribution in [0.1, 0.15) is 0 Å². The van der Waals surface area contributed by atoms with Gasteiger partial charge in [0.25, 0.3) is 0 Å². The Labute approximate surface area is 107 Å². The van der Waals surface area contributed by atoms with Crippen LogP contribution in [0, 0.1) is 5.82 Å². The second kappa shape index (κ2) is 3.69. The molecule has 1 aliphatic rings. The van der Waals surface area contributed by atoms with E-state index in [0.717, 1.165) is 16.9 Å². The van der Waals surface area contributed by atoms with Gasteiger partial charge in [0.1, 0.15) is 19.6 Å². The summed E-state index contributed by atoms with van der Waals surface area (Å²) >= 11 is 0. The highest BCUT2D eigenvalue weighted by Gasteiger charge is 2.38. The third-order valence-corrected chi connectivity index (χ3v) is 7.39. The molecule has 3 heteroatoms. The van der Waals surface area contributed by atoms with Crippen LogP contribution in [0.2, 0.25) is 13.1 Å². The summed E-state index contributed by atoms with van der Waals surface area (Å²) in [6.07, 6.45) is 0. The lowest BCUT2D eigenvalue weighted by Gasteiger charge is -2.18. The lowest BCUT2D eigenvalue weighted by atomic mass is 10.0. The molecule has 3 rings (SSSR count). The summed E-state index contributed by atoms with van der Waals surface area (Å²) in [7, 11) is -0.0306. The number of ether oxygens (including phenoxy) is 1. The number of methoxy groups -OCH3 is 1. The third-order valence-electron chi connectivity index (χ3n) is 3.84. The molecule has 1 heterocycles. The maximum atomic E-state index is 13.5. The van der Waals surface area contributed by atoms with Crippen LogP contribution < -0.4 is 15.1 Å². The van der Waals surface area contributed by atoms with E-state index in [0.29, 0.717) is 0 Å². The average molecular weight is 258 g/mol. The van der Waals surface area contributed by atoms with Gasteiger partial charge in [-0.2, -0.15) is 0 Å². The highest BCUT2D eigenvalue weighted by molar-refractivity contribution is 7.03. The minimum Gasteiger partial charge on any atom is -0.496 e. The van der Waals surface area contributed by atoms with Crippen molar-refractivity contribution >= 4 is 18.4 Å². The molecule has 0 atom stereocenters. The van der Waals surface area contributed by atoms with Crippen LogP contribution in [-0.2, 0) is 0 Å². The van der Waals surface area contributed by atoms with E-state index in [4.69, 9.17) is 4.74 Å². The van der Waals surface area contributed by atoms with Gasteiger partial charge in [0, 0.05) is 5.56 Å². The highest BCUT2D eigenvalue weighted by Crippen LogP contribution is 2.35. The summed E-state index contributed by atoms with van der Waals surface area (Å²) in [4.78, 5) is 0. The second-order valence-electron chi connectivity index (χ2n) is 5.20. The summed E-state index contributed by atoms with van der Waals surface area (Å²) in [5, 5.41) is 2.63. The molecular weight excluding hydrogens is 243 g/mol. The summed E-state index contributed by atoms with van der Waals surface area (Å²) in [5.41, 5.74) is 2.10. The van der Waals surface area contributed by atoms with E-state index in [1.165, 1.54) is 10.4 Å². The average Bonchev–Trinajstić information content (AvgIpc) is 2.58. The number of fused-ring (bicyclic) bond motifs is 3. The zero-order valence-electron chi connectivity index (χ0n) is 10.8. The molecule has 1 aliphatic heterocycles. The number of hydrogen-bond acceptors (Lipinski definition) is 1. The van der Waals surface area contributed by atoms with Gasteiger partial charge in [-0.05, 0) is 34.1 Å². The Bertz CT molecular complexity index is 634. The molecule has 1 nitrogen and oxygen atoms in total. The Morgan fingerprint density at radius 3 is 2.56 bits per heavy atom. The van der Waals surface area contributed by atoms with Crippen molar-refractivity contribution in [2.24, 2.45) is 0 Å². The first-order chi connectivity index (χ1) is 8.55. The van der Waals surface area contributed by atoms with E-state index in [1.807, 2.05) is 18.2 Å².